The molecule has 3 rings (SSSR count). The van der Waals surface area contributed by atoms with E-state index in [0.29, 0.717) is 5.69 Å². The Balaban J connectivity index is 1.77. The summed E-state index contributed by atoms with van der Waals surface area (Å²) >= 11 is 0. The van der Waals surface area contributed by atoms with Crippen LogP contribution in [0.15, 0.2) is 41.5 Å². The molecular weight excluding hydrogens is 316 g/mol. The molecule has 132 valence electrons. The Bertz CT molecular complexity index is 764. The molecule has 1 atom stereocenters. The van der Waals surface area contributed by atoms with Crippen LogP contribution in [0.2, 0.25) is 0 Å². The van der Waals surface area contributed by atoms with Crippen molar-refractivity contribution in [1.82, 2.24) is 20.1 Å². The second kappa shape index (κ2) is 8.05. The number of carbonyl (C=O) groups excluding carboxylic acids is 1. The SMILES string of the molecule is CC(C(=O)NC1CCCCCC1)n1nc(-c2cccnc2)ccc1=O. The summed E-state index contributed by atoms with van der Waals surface area (Å²) in [6, 6.07) is 6.35. The first kappa shape index (κ1) is 17.3. The van der Waals surface area contributed by atoms with E-state index in [-0.39, 0.29) is 17.5 Å². The van der Waals surface area contributed by atoms with Crippen LogP contribution >= 0.6 is 0 Å². The maximum absolute atomic E-state index is 12.6. The lowest BCUT2D eigenvalue weighted by Gasteiger charge is -2.20. The van der Waals surface area contributed by atoms with Gasteiger partial charge in [-0.15, -0.1) is 0 Å². The average Bonchev–Trinajstić information content (AvgIpc) is 2.91. The molecule has 1 aliphatic carbocycles. The summed E-state index contributed by atoms with van der Waals surface area (Å²) in [5, 5.41) is 7.47. The molecule has 1 amide bonds. The molecule has 1 N–H and O–H groups in total. The Hall–Kier alpha value is -2.50. The molecular formula is C19H24N4O2. The van der Waals surface area contributed by atoms with E-state index >= 15 is 0 Å². The third kappa shape index (κ3) is 4.32. The number of amides is 1. The van der Waals surface area contributed by atoms with Gasteiger partial charge < -0.3 is 5.32 Å². The lowest BCUT2D eigenvalue weighted by molar-refractivity contribution is -0.125. The first-order valence-corrected chi connectivity index (χ1v) is 8.96. The number of nitrogens with one attached hydrogen (secondary N) is 1. The zero-order valence-corrected chi connectivity index (χ0v) is 14.5. The van der Waals surface area contributed by atoms with Crippen molar-refractivity contribution in [2.24, 2.45) is 0 Å². The minimum Gasteiger partial charge on any atom is -0.352 e. The minimum atomic E-state index is -0.646. The molecule has 2 aromatic heterocycles. The lowest BCUT2D eigenvalue weighted by atomic mass is 10.1. The summed E-state index contributed by atoms with van der Waals surface area (Å²) < 4.78 is 1.26. The molecule has 1 aliphatic rings. The van der Waals surface area contributed by atoms with Crippen molar-refractivity contribution in [3.05, 3.63) is 47.0 Å². The van der Waals surface area contributed by atoms with Crippen LogP contribution in [0.3, 0.4) is 0 Å². The smallest absolute Gasteiger partial charge is 0.267 e. The normalized spacial score (nSPS) is 16.8. The van der Waals surface area contributed by atoms with Crippen LogP contribution in [0.4, 0.5) is 0 Å². The Morgan fingerprint density at radius 3 is 2.64 bits per heavy atom. The molecule has 0 aliphatic heterocycles. The first-order chi connectivity index (χ1) is 12.1. The molecule has 0 aromatic carbocycles. The Morgan fingerprint density at radius 2 is 1.96 bits per heavy atom. The van der Waals surface area contributed by atoms with Crippen molar-refractivity contribution in [1.29, 1.82) is 0 Å². The summed E-state index contributed by atoms with van der Waals surface area (Å²) in [6.07, 6.45) is 10.1. The summed E-state index contributed by atoms with van der Waals surface area (Å²) in [7, 11) is 0. The van der Waals surface area contributed by atoms with Gasteiger partial charge in [-0.25, -0.2) is 4.68 Å². The number of pyridine rings is 1. The summed E-state index contributed by atoms with van der Waals surface area (Å²) in [6.45, 7) is 1.72. The maximum Gasteiger partial charge on any atom is 0.267 e. The molecule has 1 fully saturated rings. The van der Waals surface area contributed by atoms with E-state index in [1.54, 1.807) is 25.4 Å². The highest BCUT2D eigenvalue weighted by Gasteiger charge is 2.22. The predicted octanol–water partition coefficient (Wildman–Crippen LogP) is 2.71. The zero-order valence-electron chi connectivity index (χ0n) is 14.5. The van der Waals surface area contributed by atoms with E-state index in [0.717, 1.165) is 31.2 Å². The fourth-order valence-electron chi connectivity index (χ4n) is 3.23. The molecule has 0 spiro atoms. The second-order valence-electron chi connectivity index (χ2n) is 6.62. The van der Waals surface area contributed by atoms with Gasteiger partial charge in [-0.1, -0.05) is 25.7 Å². The molecule has 6 nitrogen and oxygen atoms in total. The summed E-state index contributed by atoms with van der Waals surface area (Å²) in [5.74, 6) is -0.148. The number of aromatic nitrogens is 3. The van der Waals surface area contributed by atoms with Gasteiger partial charge in [0.15, 0.2) is 0 Å². The lowest BCUT2D eigenvalue weighted by Crippen LogP contribution is -2.41. The number of hydrogen-bond acceptors (Lipinski definition) is 4. The molecule has 0 saturated heterocycles. The van der Waals surface area contributed by atoms with Crippen molar-refractivity contribution in [3.63, 3.8) is 0 Å². The standard InChI is InChI=1S/C19H24N4O2/c1-14(19(25)21-16-8-4-2-3-5-9-16)23-18(24)11-10-17(22-23)15-7-6-12-20-13-15/h6-7,10-14,16H,2-5,8-9H2,1H3,(H,21,25). The molecule has 0 radical (unpaired) electrons. The second-order valence-corrected chi connectivity index (χ2v) is 6.62. The largest absolute Gasteiger partial charge is 0.352 e. The number of rotatable bonds is 4. The van der Waals surface area contributed by atoms with Crippen LogP contribution in [0.5, 0.6) is 0 Å². The Kier molecular flexibility index (Phi) is 5.58. The quantitative estimate of drug-likeness (QED) is 0.868. The van der Waals surface area contributed by atoms with Crippen LogP contribution in [0.25, 0.3) is 11.3 Å². The fourth-order valence-corrected chi connectivity index (χ4v) is 3.23. The van der Waals surface area contributed by atoms with Crippen LogP contribution in [0, 0.1) is 0 Å². The van der Waals surface area contributed by atoms with E-state index < -0.39 is 6.04 Å². The Labute approximate surface area is 147 Å². The van der Waals surface area contributed by atoms with Gasteiger partial charge in [-0.2, -0.15) is 5.10 Å². The van der Waals surface area contributed by atoms with Crippen LogP contribution in [-0.2, 0) is 4.79 Å². The topological polar surface area (TPSA) is 76.9 Å². The van der Waals surface area contributed by atoms with Gasteiger partial charge in [0.05, 0.1) is 5.69 Å². The number of hydrogen-bond donors (Lipinski definition) is 1. The third-order valence-corrected chi connectivity index (χ3v) is 4.73. The van der Waals surface area contributed by atoms with E-state index in [9.17, 15) is 9.59 Å². The monoisotopic (exact) mass is 340 g/mol. The molecule has 0 bridgehead atoms. The summed E-state index contributed by atoms with van der Waals surface area (Å²) in [5.41, 5.74) is 1.16. The van der Waals surface area contributed by atoms with Gasteiger partial charge in [-0.05, 0) is 38.0 Å². The van der Waals surface area contributed by atoms with E-state index in [1.807, 2.05) is 12.1 Å². The minimum absolute atomic E-state index is 0.148. The first-order valence-electron chi connectivity index (χ1n) is 8.96. The van der Waals surface area contributed by atoms with Crippen LogP contribution in [0.1, 0.15) is 51.5 Å². The predicted molar refractivity (Wildman–Crippen MR) is 96.1 cm³/mol. The van der Waals surface area contributed by atoms with Crippen LogP contribution < -0.4 is 10.9 Å². The Morgan fingerprint density at radius 1 is 1.20 bits per heavy atom. The van der Waals surface area contributed by atoms with Gasteiger partial charge in [-0.3, -0.25) is 14.6 Å². The van der Waals surface area contributed by atoms with Crippen molar-refractivity contribution in [3.8, 4) is 11.3 Å². The fraction of sp³-hybridized carbons (Fsp3) is 0.474. The van der Waals surface area contributed by atoms with Crippen molar-refractivity contribution < 1.29 is 4.79 Å². The van der Waals surface area contributed by atoms with Crippen LogP contribution in [-0.4, -0.2) is 26.7 Å². The average molecular weight is 340 g/mol. The highest BCUT2D eigenvalue weighted by Crippen LogP contribution is 2.18. The van der Waals surface area contributed by atoms with E-state index in [1.165, 1.54) is 23.6 Å². The number of carbonyl (C=O) groups is 1. The molecule has 1 saturated carbocycles. The van der Waals surface area contributed by atoms with Gasteiger partial charge in [0.1, 0.15) is 6.04 Å². The molecule has 1 unspecified atom stereocenters. The van der Waals surface area contributed by atoms with Gasteiger partial charge in [0, 0.05) is 30.1 Å². The number of nitrogens with zero attached hydrogens (tertiary/aromatic N) is 3. The molecule has 6 heteroatoms. The molecule has 2 aromatic rings. The van der Waals surface area contributed by atoms with E-state index in [2.05, 4.69) is 15.4 Å². The van der Waals surface area contributed by atoms with Crippen molar-refractivity contribution in [2.75, 3.05) is 0 Å². The third-order valence-electron chi connectivity index (χ3n) is 4.73. The van der Waals surface area contributed by atoms with Crippen molar-refractivity contribution in [2.45, 2.75) is 57.5 Å². The highest BCUT2D eigenvalue weighted by molar-refractivity contribution is 5.80. The van der Waals surface area contributed by atoms with Gasteiger partial charge in [0.25, 0.3) is 5.56 Å². The highest BCUT2D eigenvalue weighted by atomic mass is 16.2. The summed E-state index contributed by atoms with van der Waals surface area (Å²) in [4.78, 5) is 28.9. The van der Waals surface area contributed by atoms with E-state index in [4.69, 9.17) is 0 Å². The maximum atomic E-state index is 12.6. The molecule has 25 heavy (non-hydrogen) atoms. The zero-order chi connectivity index (χ0) is 17.6. The van der Waals surface area contributed by atoms with Gasteiger partial charge in [0.2, 0.25) is 5.91 Å². The molecule has 2 heterocycles. The van der Waals surface area contributed by atoms with Crippen molar-refractivity contribution >= 4 is 5.91 Å². The van der Waals surface area contributed by atoms with Gasteiger partial charge >= 0.3 is 0 Å².